The highest BCUT2D eigenvalue weighted by atomic mass is 35.5. The number of pyridine rings is 2. The molecule has 5 nitrogen and oxygen atoms in total. The van der Waals surface area contributed by atoms with Gasteiger partial charge in [0.15, 0.2) is 0 Å². The molecule has 0 spiro atoms. The SMILES string of the molecule is O=c1cc(OCc2ccc(Cl)cn2)ccn1-c1ccc(CCNC2CCCC2)cc1. The monoisotopic (exact) mass is 423 g/mol. The number of benzene rings is 1. The number of nitrogens with zero attached hydrogens (tertiary/aromatic N) is 2. The van der Waals surface area contributed by atoms with Gasteiger partial charge in [-0.2, -0.15) is 0 Å². The highest BCUT2D eigenvalue weighted by molar-refractivity contribution is 6.30. The van der Waals surface area contributed by atoms with Gasteiger partial charge in [0.2, 0.25) is 0 Å². The number of aromatic nitrogens is 2. The van der Waals surface area contributed by atoms with E-state index in [2.05, 4.69) is 22.4 Å². The van der Waals surface area contributed by atoms with Crippen LogP contribution in [-0.4, -0.2) is 22.1 Å². The van der Waals surface area contributed by atoms with Crippen LogP contribution in [0.15, 0.2) is 65.7 Å². The van der Waals surface area contributed by atoms with Crippen molar-refractivity contribution in [1.82, 2.24) is 14.9 Å². The van der Waals surface area contributed by atoms with E-state index < -0.39 is 0 Å². The Morgan fingerprint density at radius 2 is 1.90 bits per heavy atom. The summed E-state index contributed by atoms with van der Waals surface area (Å²) in [6.45, 7) is 1.28. The highest BCUT2D eigenvalue weighted by Crippen LogP contribution is 2.18. The number of nitrogens with one attached hydrogen (secondary N) is 1. The average molecular weight is 424 g/mol. The average Bonchev–Trinajstić information content (AvgIpc) is 3.28. The lowest BCUT2D eigenvalue weighted by atomic mass is 10.1. The number of ether oxygens (including phenoxy) is 1. The first kappa shape index (κ1) is 20.6. The van der Waals surface area contributed by atoms with E-state index in [1.165, 1.54) is 37.3 Å². The molecule has 2 heterocycles. The van der Waals surface area contributed by atoms with Crippen LogP contribution in [-0.2, 0) is 13.0 Å². The zero-order chi connectivity index (χ0) is 20.8. The van der Waals surface area contributed by atoms with Crippen LogP contribution in [0.25, 0.3) is 5.69 Å². The van der Waals surface area contributed by atoms with Crippen molar-refractivity contribution in [3.8, 4) is 11.4 Å². The molecule has 2 aromatic heterocycles. The minimum absolute atomic E-state index is 0.132. The Hall–Kier alpha value is -2.63. The Morgan fingerprint density at radius 3 is 2.60 bits per heavy atom. The maximum atomic E-state index is 12.5. The van der Waals surface area contributed by atoms with Crippen molar-refractivity contribution in [3.05, 3.63) is 87.6 Å². The fraction of sp³-hybridized carbons (Fsp3) is 0.333. The van der Waals surface area contributed by atoms with E-state index in [4.69, 9.17) is 16.3 Å². The van der Waals surface area contributed by atoms with E-state index in [0.717, 1.165) is 24.3 Å². The molecule has 0 aliphatic heterocycles. The van der Waals surface area contributed by atoms with Crippen molar-refractivity contribution < 1.29 is 4.74 Å². The van der Waals surface area contributed by atoms with Crippen LogP contribution in [0.4, 0.5) is 0 Å². The fourth-order valence-corrected chi connectivity index (χ4v) is 3.90. The van der Waals surface area contributed by atoms with Gasteiger partial charge in [-0.15, -0.1) is 0 Å². The smallest absolute Gasteiger partial charge is 0.258 e. The summed E-state index contributed by atoms with van der Waals surface area (Å²) in [6.07, 6.45) is 9.62. The van der Waals surface area contributed by atoms with Gasteiger partial charge in [-0.05, 0) is 61.7 Å². The molecule has 1 aromatic carbocycles. The maximum absolute atomic E-state index is 12.5. The standard InChI is InChI=1S/C24H26ClN3O2/c25-19-7-8-21(27-16-19)17-30-23-12-14-28(24(29)15-23)22-9-5-18(6-10-22)11-13-26-20-3-1-2-4-20/h5-10,12,14-16,20,26H,1-4,11,13,17H2. The van der Waals surface area contributed by atoms with Crippen molar-refractivity contribution in [2.24, 2.45) is 0 Å². The molecular weight excluding hydrogens is 398 g/mol. The summed E-state index contributed by atoms with van der Waals surface area (Å²) in [6, 6.07) is 15.7. The van der Waals surface area contributed by atoms with E-state index in [1.54, 1.807) is 35.2 Å². The van der Waals surface area contributed by atoms with Gasteiger partial charge in [0, 0.05) is 30.2 Å². The first-order valence-electron chi connectivity index (χ1n) is 10.5. The second-order valence-electron chi connectivity index (χ2n) is 7.68. The van der Waals surface area contributed by atoms with Crippen LogP contribution in [0.2, 0.25) is 5.02 Å². The summed E-state index contributed by atoms with van der Waals surface area (Å²) >= 11 is 5.84. The van der Waals surface area contributed by atoms with Crippen molar-refractivity contribution in [2.75, 3.05) is 6.54 Å². The lowest BCUT2D eigenvalue weighted by molar-refractivity contribution is 0.300. The molecule has 0 unspecified atom stereocenters. The summed E-state index contributed by atoms with van der Waals surface area (Å²) in [5, 5.41) is 4.22. The third kappa shape index (κ3) is 5.49. The minimum atomic E-state index is -0.132. The van der Waals surface area contributed by atoms with Crippen LogP contribution in [0.1, 0.15) is 36.9 Å². The molecule has 6 heteroatoms. The van der Waals surface area contributed by atoms with Gasteiger partial charge in [-0.25, -0.2) is 0 Å². The summed E-state index contributed by atoms with van der Waals surface area (Å²) < 4.78 is 7.30. The first-order chi connectivity index (χ1) is 14.7. The van der Waals surface area contributed by atoms with Gasteiger partial charge in [-0.1, -0.05) is 36.6 Å². The predicted molar refractivity (Wildman–Crippen MR) is 120 cm³/mol. The second kappa shape index (κ2) is 9.92. The molecule has 1 fully saturated rings. The summed E-state index contributed by atoms with van der Waals surface area (Å²) in [5.74, 6) is 0.516. The van der Waals surface area contributed by atoms with E-state index >= 15 is 0 Å². The molecule has 0 amide bonds. The molecule has 1 saturated carbocycles. The molecule has 0 bridgehead atoms. The second-order valence-corrected chi connectivity index (χ2v) is 8.12. The molecule has 156 valence electrons. The molecule has 1 N–H and O–H groups in total. The van der Waals surface area contributed by atoms with Crippen molar-refractivity contribution in [2.45, 2.75) is 44.8 Å². The Bertz CT molecular complexity index is 1010. The summed E-state index contributed by atoms with van der Waals surface area (Å²) in [5.41, 5.74) is 2.74. The Balaban J connectivity index is 1.34. The highest BCUT2D eigenvalue weighted by Gasteiger charge is 2.13. The molecule has 4 rings (SSSR count). The topological polar surface area (TPSA) is 56.1 Å². The molecule has 0 radical (unpaired) electrons. The Labute approximate surface area is 181 Å². The lowest BCUT2D eigenvalue weighted by Gasteiger charge is -2.12. The lowest BCUT2D eigenvalue weighted by Crippen LogP contribution is -2.27. The van der Waals surface area contributed by atoms with Crippen LogP contribution in [0, 0.1) is 0 Å². The van der Waals surface area contributed by atoms with E-state index in [9.17, 15) is 4.79 Å². The summed E-state index contributed by atoms with van der Waals surface area (Å²) in [7, 11) is 0. The normalized spacial score (nSPS) is 14.2. The maximum Gasteiger partial charge on any atom is 0.258 e. The molecule has 30 heavy (non-hydrogen) atoms. The van der Waals surface area contributed by atoms with Crippen molar-refractivity contribution in [1.29, 1.82) is 0 Å². The van der Waals surface area contributed by atoms with Crippen LogP contribution in [0.3, 0.4) is 0 Å². The summed E-state index contributed by atoms with van der Waals surface area (Å²) in [4.78, 5) is 16.7. The van der Waals surface area contributed by atoms with Gasteiger partial charge in [0.25, 0.3) is 5.56 Å². The van der Waals surface area contributed by atoms with Gasteiger partial charge in [-0.3, -0.25) is 14.3 Å². The molecule has 0 saturated heterocycles. The van der Waals surface area contributed by atoms with E-state index in [1.807, 2.05) is 12.1 Å². The zero-order valence-corrected chi connectivity index (χ0v) is 17.6. The van der Waals surface area contributed by atoms with E-state index in [0.29, 0.717) is 16.8 Å². The molecule has 1 aliphatic carbocycles. The van der Waals surface area contributed by atoms with Crippen molar-refractivity contribution >= 4 is 11.6 Å². The predicted octanol–water partition coefficient (Wildman–Crippen LogP) is 4.54. The van der Waals surface area contributed by atoms with Gasteiger partial charge in [0.05, 0.1) is 10.7 Å². The van der Waals surface area contributed by atoms with E-state index in [-0.39, 0.29) is 12.2 Å². The largest absolute Gasteiger partial charge is 0.487 e. The number of halogens is 1. The van der Waals surface area contributed by atoms with Crippen LogP contribution in [0.5, 0.6) is 5.75 Å². The minimum Gasteiger partial charge on any atom is -0.487 e. The fourth-order valence-electron chi connectivity index (χ4n) is 3.79. The zero-order valence-electron chi connectivity index (χ0n) is 16.9. The third-order valence-corrected chi connectivity index (χ3v) is 5.71. The molecule has 0 atom stereocenters. The molecular formula is C24H26ClN3O2. The first-order valence-corrected chi connectivity index (χ1v) is 10.8. The quantitative estimate of drug-likeness (QED) is 0.578. The third-order valence-electron chi connectivity index (χ3n) is 5.48. The Morgan fingerprint density at radius 1 is 1.10 bits per heavy atom. The number of rotatable bonds is 8. The number of hydrogen-bond acceptors (Lipinski definition) is 4. The van der Waals surface area contributed by atoms with Crippen LogP contribution >= 0.6 is 11.6 Å². The van der Waals surface area contributed by atoms with Gasteiger partial charge in [0.1, 0.15) is 12.4 Å². The van der Waals surface area contributed by atoms with Crippen LogP contribution < -0.4 is 15.6 Å². The Kier molecular flexibility index (Phi) is 6.82. The van der Waals surface area contributed by atoms with Crippen molar-refractivity contribution in [3.63, 3.8) is 0 Å². The van der Waals surface area contributed by atoms with Gasteiger partial charge < -0.3 is 10.1 Å². The molecule has 3 aromatic rings. The van der Waals surface area contributed by atoms with Gasteiger partial charge >= 0.3 is 0 Å². The number of hydrogen-bond donors (Lipinski definition) is 1. The molecule has 1 aliphatic rings.